The summed E-state index contributed by atoms with van der Waals surface area (Å²) in [6.45, 7) is 3.73. The first-order valence-electron chi connectivity index (χ1n) is 12.9. The van der Waals surface area contributed by atoms with Crippen LogP contribution in [0.25, 0.3) is 22.2 Å². The summed E-state index contributed by atoms with van der Waals surface area (Å²) in [5, 5.41) is 0. The van der Waals surface area contributed by atoms with E-state index in [0.29, 0.717) is 11.0 Å². The fourth-order valence-corrected chi connectivity index (χ4v) is 7.55. The third-order valence-electron chi connectivity index (χ3n) is 7.01. The number of hydrogen-bond acceptors (Lipinski definition) is 6. The number of nitrogens with zero attached hydrogens (tertiary/aromatic N) is 3. The molecule has 8 nitrogen and oxygen atoms in total. The molecular weight excluding hydrogens is 556 g/mol. The van der Waals surface area contributed by atoms with Crippen molar-refractivity contribution in [1.29, 1.82) is 0 Å². The highest BCUT2D eigenvalue weighted by atomic mass is 32.2. The summed E-state index contributed by atoms with van der Waals surface area (Å²) in [4.78, 5) is 9.33. The van der Waals surface area contributed by atoms with E-state index in [9.17, 15) is 16.8 Å². The molecule has 4 aromatic carbocycles. The quantitative estimate of drug-likeness (QED) is 0.242. The van der Waals surface area contributed by atoms with Crippen LogP contribution in [0.4, 0.5) is 5.82 Å². The molecule has 0 aliphatic rings. The van der Waals surface area contributed by atoms with Gasteiger partial charge in [-0.3, -0.25) is 4.72 Å². The molecule has 6 rings (SSSR count). The average Bonchev–Trinajstić information content (AvgIpc) is 3.29. The van der Waals surface area contributed by atoms with E-state index in [-0.39, 0.29) is 31.7 Å². The highest BCUT2D eigenvalue weighted by molar-refractivity contribution is 7.93. The summed E-state index contributed by atoms with van der Waals surface area (Å²) in [5.41, 5.74) is 3.09. The van der Waals surface area contributed by atoms with Gasteiger partial charge in [0.1, 0.15) is 16.2 Å². The summed E-state index contributed by atoms with van der Waals surface area (Å²) < 4.78 is 60.5. The van der Waals surface area contributed by atoms with Gasteiger partial charge in [-0.15, -0.1) is 0 Å². The Balaban J connectivity index is 1.73. The van der Waals surface area contributed by atoms with Crippen LogP contribution < -0.4 is 4.72 Å². The van der Waals surface area contributed by atoms with Gasteiger partial charge in [-0.25, -0.2) is 26.8 Å². The second-order valence-electron chi connectivity index (χ2n) is 9.75. The summed E-state index contributed by atoms with van der Waals surface area (Å²) in [5.74, 6) is -0.129. The molecule has 1 N–H and O–H groups in total. The van der Waals surface area contributed by atoms with Crippen LogP contribution in [0, 0.1) is 6.92 Å². The molecule has 0 saturated heterocycles. The largest absolute Gasteiger partial charge is 0.302 e. The number of aromatic nitrogens is 3. The number of nitrogens with one attached hydrogen (secondary N) is 1. The van der Waals surface area contributed by atoms with Crippen molar-refractivity contribution in [3.8, 4) is 0 Å². The molecule has 2 heterocycles. The van der Waals surface area contributed by atoms with Crippen LogP contribution in [0.3, 0.4) is 0 Å². The Kier molecular flexibility index (Phi) is 6.59. The average molecular weight is 583 g/mol. The van der Waals surface area contributed by atoms with E-state index in [4.69, 9.17) is 9.97 Å². The Hall–Kier alpha value is -4.54. The Morgan fingerprint density at radius 1 is 0.683 bits per heavy atom. The van der Waals surface area contributed by atoms with E-state index >= 15 is 0 Å². The molecule has 10 heteroatoms. The van der Waals surface area contributed by atoms with Crippen molar-refractivity contribution < 1.29 is 16.8 Å². The van der Waals surface area contributed by atoms with Crippen molar-refractivity contribution >= 4 is 47.9 Å². The maximum atomic E-state index is 14.3. The molecule has 0 radical (unpaired) electrons. The van der Waals surface area contributed by atoms with E-state index in [1.54, 1.807) is 53.1 Å². The summed E-state index contributed by atoms with van der Waals surface area (Å²) >= 11 is 0. The molecule has 0 bridgehead atoms. The number of aryl methyl sites for hydroxylation is 1. The monoisotopic (exact) mass is 582 g/mol. The van der Waals surface area contributed by atoms with Gasteiger partial charge in [-0.2, -0.15) is 0 Å². The fraction of sp³-hybridized carbons (Fsp3) is 0.0968. The zero-order chi connectivity index (χ0) is 28.8. The first-order chi connectivity index (χ1) is 19.7. The first-order valence-corrected chi connectivity index (χ1v) is 15.9. The highest BCUT2D eigenvalue weighted by Crippen LogP contribution is 2.41. The van der Waals surface area contributed by atoms with Crippen molar-refractivity contribution in [1.82, 2.24) is 14.5 Å². The van der Waals surface area contributed by atoms with Crippen LogP contribution in [-0.2, 0) is 19.9 Å². The van der Waals surface area contributed by atoms with Gasteiger partial charge in [-0.05, 0) is 55.8 Å². The van der Waals surface area contributed by atoms with Crippen molar-refractivity contribution in [3.63, 3.8) is 0 Å². The summed E-state index contributed by atoms with van der Waals surface area (Å²) in [7, 11) is -8.49. The summed E-state index contributed by atoms with van der Waals surface area (Å²) in [6, 6.07) is 30.3. The number of fused-ring (bicyclic) bond motifs is 2. The van der Waals surface area contributed by atoms with E-state index in [1.807, 2.05) is 50.2 Å². The highest BCUT2D eigenvalue weighted by Gasteiger charge is 2.35. The maximum Gasteiger partial charge on any atom is 0.263 e. The minimum atomic E-state index is -4.27. The van der Waals surface area contributed by atoms with Gasteiger partial charge < -0.3 is 4.57 Å². The van der Waals surface area contributed by atoms with Gasteiger partial charge in [0.05, 0.1) is 26.9 Å². The van der Waals surface area contributed by atoms with E-state index in [0.717, 1.165) is 11.1 Å². The fourth-order valence-electron chi connectivity index (χ4n) is 4.87. The molecule has 0 spiro atoms. The molecule has 0 fully saturated rings. The van der Waals surface area contributed by atoms with Gasteiger partial charge in [0, 0.05) is 0 Å². The predicted molar refractivity (Wildman–Crippen MR) is 159 cm³/mol. The van der Waals surface area contributed by atoms with Crippen LogP contribution in [0.5, 0.6) is 0 Å². The van der Waals surface area contributed by atoms with E-state index < -0.39 is 25.9 Å². The normalized spacial score (nSPS) is 12.9. The Labute approximate surface area is 238 Å². The van der Waals surface area contributed by atoms with Crippen LogP contribution in [-0.4, -0.2) is 31.4 Å². The smallest absolute Gasteiger partial charge is 0.263 e. The molecule has 1 atom stereocenters. The number of anilines is 1. The minimum Gasteiger partial charge on any atom is -0.302 e. The van der Waals surface area contributed by atoms with Crippen LogP contribution >= 0.6 is 0 Å². The van der Waals surface area contributed by atoms with Gasteiger partial charge in [0.2, 0.25) is 9.84 Å². The van der Waals surface area contributed by atoms with Crippen molar-refractivity contribution in [2.45, 2.75) is 34.6 Å². The lowest BCUT2D eigenvalue weighted by Gasteiger charge is -2.20. The Morgan fingerprint density at radius 3 is 1.88 bits per heavy atom. The molecule has 41 heavy (non-hydrogen) atoms. The Bertz CT molecular complexity index is 2110. The van der Waals surface area contributed by atoms with Crippen molar-refractivity contribution in [2.75, 3.05) is 4.72 Å². The second-order valence-corrected chi connectivity index (χ2v) is 13.3. The van der Waals surface area contributed by atoms with Crippen molar-refractivity contribution in [3.05, 3.63) is 120 Å². The van der Waals surface area contributed by atoms with Crippen LogP contribution in [0.1, 0.15) is 24.1 Å². The molecule has 6 aromatic rings. The Morgan fingerprint density at radius 2 is 1.24 bits per heavy atom. The number of sulfonamides is 1. The van der Waals surface area contributed by atoms with Crippen LogP contribution in [0.15, 0.2) is 124 Å². The number of para-hydroxylation sites is 2. The lowest BCUT2D eigenvalue weighted by Crippen LogP contribution is -2.20. The number of rotatable bonds is 7. The van der Waals surface area contributed by atoms with E-state index in [2.05, 4.69) is 4.72 Å². The standard InChI is InChI=1S/C31H26N4O4S2/c1-21-17-19-25(20-18-21)41(38,39)34-31-29(40(36,37)24-13-7-4-8-14-24)28-30(33-27-16-10-9-15-26(27)32-28)35(31)22(2)23-11-5-3-6-12-23/h3-20,22,34H,1-2H3. The molecular formula is C31H26N4O4S2. The van der Waals surface area contributed by atoms with Gasteiger partial charge in [-0.1, -0.05) is 78.4 Å². The molecule has 2 aromatic heterocycles. The van der Waals surface area contributed by atoms with Crippen molar-refractivity contribution in [2.24, 2.45) is 0 Å². The molecule has 0 aliphatic heterocycles. The first kappa shape index (κ1) is 26.7. The molecule has 0 saturated carbocycles. The third-order valence-corrected chi connectivity index (χ3v) is 10.2. The summed E-state index contributed by atoms with van der Waals surface area (Å²) in [6.07, 6.45) is 0. The zero-order valence-corrected chi connectivity index (χ0v) is 23.9. The van der Waals surface area contributed by atoms with Gasteiger partial charge in [0.25, 0.3) is 10.0 Å². The van der Waals surface area contributed by atoms with Gasteiger partial charge in [0.15, 0.2) is 5.65 Å². The lowest BCUT2D eigenvalue weighted by molar-refractivity contribution is 0.595. The number of hydrogen-bond donors (Lipinski definition) is 1. The molecule has 1 unspecified atom stereocenters. The topological polar surface area (TPSA) is 111 Å². The van der Waals surface area contributed by atoms with Crippen LogP contribution in [0.2, 0.25) is 0 Å². The lowest BCUT2D eigenvalue weighted by atomic mass is 10.1. The number of sulfone groups is 1. The molecule has 0 aliphatic carbocycles. The molecule has 0 amide bonds. The number of benzene rings is 4. The third kappa shape index (κ3) is 4.75. The molecule has 206 valence electrons. The minimum absolute atomic E-state index is 0.00130. The van der Waals surface area contributed by atoms with E-state index in [1.165, 1.54) is 24.3 Å². The SMILES string of the molecule is Cc1ccc(S(=O)(=O)Nc2c(S(=O)(=O)c3ccccc3)c3nc4ccccc4nc3n2C(C)c2ccccc2)cc1. The van der Waals surface area contributed by atoms with Gasteiger partial charge >= 0.3 is 0 Å². The maximum absolute atomic E-state index is 14.3. The zero-order valence-electron chi connectivity index (χ0n) is 22.3. The predicted octanol–water partition coefficient (Wildman–Crippen LogP) is 6.14. The second kappa shape index (κ2) is 10.1.